The topological polar surface area (TPSA) is 132 Å². The molecule has 0 spiro atoms. The van der Waals surface area contributed by atoms with Crippen LogP contribution in [0.4, 0.5) is 5.69 Å². The summed E-state index contributed by atoms with van der Waals surface area (Å²) >= 11 is 0. The van der Waals surface area contributed by atoms with E-state index in [2.05, 4.69) is 0 Å². The van der Waals surface area contributed by atoms with Crippen molar-refractivity contribution in [3.05, 3.63) is 93.4 Å². The Balaban J connectivity index is 1.95. The van der Waals surface area contributed by atoms with E-state index in [4.69, 9.17) is 13.9 Å². The van der Waals surface area contributed by atoms with Crippen molar-refractivity contribution in [2.75, 3.05) is 14.2 Å². The van der Waals surface area contributed by atoms with Gasteiger partial charge in [0.1, 0.15) is 23.0 Å². The van der Waals surface area contributed by atoms with Crippen LogP contribution in [0, 0.1) is 10.1 Å². The summed E-state index contributed by atoms with van der Waals surface area (Å²) < 4.78 is 16.2. The number of aliphatic hydroxyl groups excluding tert-OH is 1. The monoisotopic (exact) mass is 464 g/mol. The van der Waals surface area contributed by atoms with Crippen LogP contribution < -0.4 is 9.47 Å². The first-order valence-electron chi connectivity index (χ1n) is 10.1. The van der Waals surface area contributed by atoms with Gasteiger partial charge >= 0.3 is 0 Å². The number of carbonyl (C=O) groups excluding carboxylic acids is 2. The van der Waals surface area contributed by atoms with E-state index in [1.165, 1.54) is 43.6 Å². The van der Waals surface area contributed by atoms with Crippen LogP contribution in [0.5, 0.6) is 11.5 Å². The van der Waals surface area contributed by atoms with Gasteiger partial charge in [0, 0.05) is 23.3 Å². The van der Waals surface area contributed by atoms with Gasteiger partial charge in [0.25, 0.3) is 17.4 Å². The number of non-ortho nitro benzene ring substituents is 1. The van der Waals surface area contributed by atoms with Crippen LogP contribution in [0.2, 0.25) is 0 Å². The molecule has 174 valence electrons. The highest BCUT2D eigenvalue weighted by Gasteiger charge is 2.47. The number of amides is 1. The predicted molar refractivity (Wildman–Crippen MR) is 119 cm³/mol. The Morgan fingerprint density at radius 2 is 1.91 bits per heavy atom. The zero-order valence-corrected chi connectivity index (χ0v) is 18.3. The summed E-state index contributed by atoms with van der Waals surface area (Å²) in [4.78, 5) is 38.1. The van der Waals surface area contributed by atoms with Crippen molar-refractivity contribution in [3.63, 3.8) is 0 Å². The van der Waals surface area contributed by atoms with E-state index < -0.39 is 28.4 Å². The number of Topliss-reactive ketones (excluding diaryl/α,β-unsaturated/α-hetero) is 1. The van der Waals surface area contributed by atoms with Crippen LogP contribution in [0.15, 0.2) is 70.9 Å². The molecule has 1 aliphatic rings. The first kappa shape index (κ1) is 22.6. The molecule has 0 saturated carbocycles. The number of ketones is 1. The summed E-state index contributed by atoms with van der Waals surface area (Å²) in [6.07, 6.45) is 1.44. The summed E-state index contributed by atoms with van der Waals surface area (Å²) in [5, 5.41) is 22.4. The number of likely N-dealkylation sites (tertiary alicyclic amines) is 1. The van der Waals surface area contributed by atoms with E-state index in [1.807, 2.05) is 0 Å². The molecule has 2 aromatic carbocycles. The highest BCUT2D eigenvalue weighted by atomic mass is 16.6. The Kier molecular flexibility index (Phi) is 6.05. The van der Waals surface area contributed by atoms with E-state index >= 15 is 0 Å². The fraction of sp³-hybridized carbons (Fsp3) is 0.167. The Morgan fingerprint density at radius 3 is 2.56 bits per heavy atom. The minimum atomic E-state index is -1.07. The standard InChI is InChI=1S/C24H20N2O8/c1-32-16-8-9-19(33-2)18(12-16)21-20(22(27)14-5-3-6-15(11-14)26(30)31)23(28)24(29)25(21)13-17-7-4-10-34-17/h3-12,21,27H,13H2,1-2H3/b22-20-. The largest absolute Gasteiger partial charge is 0.507 e. The highest BCUT2D eigenvalue weighted by Crippen LogP contribution is 2.44. The van der Waals surface area contributed by atoms with Crippen molar-refractivity contribution in [2.24, 2.45) is 0 Å². The second kappa shape index (κ2) is 9.10. The summed E-state index contributed by atoms with van der Waals surface area (Å²) in [6.45, 7) is -0.0612. The molecular weight excluding hydrogens is 444 g/mol. The average Bonchev–Trinajstić information content (AvgIpc) is 3.45. The lowest BCUT2D eigenvalue weighted by molar-refractivity contribution is -0.384. The fourth-order valence-corrected chi connectivity index (χ4v) is 3.91. The molecule has 3 aromatic rings. The van der Waals surface area contributed by atoms with E-state index in [-0.39, 0.29) is 23.4 Å². The van der Waals surface area contributed by atoms with E-state index in [0.29, 0.717) is 22.8 Å². The fourth-order valence-electron chi connectivity index (χ4n) is 3.91. The number of methoxy groups -OCH3 is 2. The minimum absolute atomic E-state index is 0.0251. The number of benzene rings is 2. The third-order valence-corrected chi connectivity index (χ3v) is 5.51. The number of furan rings is 1. The third-order valence-electron chi connectivity index (χ3n) is 5.51. The molecule has 1 amide bonds. The van der Waals surface area contributed by atoms with E-state index in [9.17, 15) is 24.8 Å². The molecule has 34 heavy (non-hydrogen) atoms. The molecule has 0 radical (unpaired) electrons. The number of hydrogen-bond donors (Lipinski definition) is 1. The van der Waals surface area contributed by atoms with Crippen molar-refractivity contribution < 1.29 is 33.5 Å². The maximum atomic E-state index is 13.2. The van der Waals surface area contributed by atoms with E-state index in [1.54, 1.807) is 30.3 Å². The smallest absolute Gasteiger partial charge is 0.296 e. The second-order valence-electron chi connectivity index (χ2n) is 7.42. The third kappa shape index (κ3) is 3.96. The zero-order valence-electron chi connectivity index (χ0n) is 18.3. The van der Waals surface area contributed by atoms with Gasteiger partial charge in [-0.2, -0.15) is 0 Å². The molecule has 1 N–H and O–H groups in total. The van der Waals surface area contributed by atoms with Gasteiger partial charge in [-0.1, -0.05) is 12.1 Å². The first-order chi connectivity index (χ1) is 16.3. The molecular formula is C24H20N2O8. The Labute approximate surface area is 193 Å². The summed E-state index contributed by atoms with van der Waals surface area (Å²) in [7, 11) is 2.90. The average molecular weight is 464 g/mol. The molecule has 1 aromatic heterocycles. The molecule has 1 aliphatic heterocycles. The van der Waals surface area contributed by atoms with Crippen molar-refractivity contribution in [2.45, 2.75) is 12.6 Å². The van der Waals surface area contributed by atoms with Crippen LogP contribution in [0.25, 0.3) is 5.76 Å². The summed E-state index contributed by atoms with van der Waals surface area (Å²) in [5.74, 6) is -1.14. The molecule has 4 rings (SSSR count). The molecule has 1 atom stereocenters. The normalized spacial score (nSPS) is 17.1. The number of carbonyl (C=O) groups is 2. The SMILES string of the molecule is COc1ccc(OC)c(C2/C(=C(/O)c3cccc([N+](=O)[O-])c3)C(=O)C(=O)N2Cc2ccco2)c1. The van der Waals surface area contributed by atoms with Crippen LogP contribution in [0.1, 0.15) is 22.9 Å². The number of aliphatic hydroxyl groups is 1. The maximum absolute atomic E-state index is 13.2. The molecule has 0 aliphatic carbocycles. The van der Waals surface area contributed by atoms with Gasteiger partial charge in [-0.3, -0.25) is 19.7 Å². The predicted octanol–water partition coefficient (Wildman–Crippen LogP) is 3.83. The number of hydrogen-bond acceptors (Lipinski definition) is 8. The number of rotatable bonds is 7. The molecule has 1 saturated heterocycles. The van der Waals surface area contributed by atoms with Gasteiger partial charge < -0.3 is 23.9 Å². The number of nitro benzene ring substituents is 1. The Hall–Kier alpha value is -4.60. The lowest BCUT2D eigenvalue weighted by Crippen LogP contribution is -2.29. The van der Waals surface area contributed by atoms with Crippen LogP contribution in [-0.4, -0.2) is 40.8 Å². The molecule has 1 unspecified atom stereocenters. The lowest BCUT2D eigenvalue weighted by atomic mass is 9.94. The van der Waals surface area contributed by atoms with Crippen LogP contribution in [-0.2, 0) is 16.1 Å². The number of ether oxygens (including phenoxy) is 2. The number of nitrogens with zero attached hydrogens (tertiary/aromatic N) is 2. The lowest BCUT2D eigenvalue weighted by Gasteiger charge is -2.26. The molecule has 10 nitrogen and oxygen atoms in total. The van der Waals surface area contributed by atoms with Crippen LogP contribution >= 0.6 is 0 Å². The van der Waals surface area contributed by atoms with Gasteiger partial charge in [0.05, 0.1) is 43.6 Å². The van der Waals surface area contributed by atoms with Crippen molar-refractivity contribution in [1.29, 1.82) is 0 Å². The van der Waals surface area contributed by atoms with Gasteiger partial charge in [-0.25, -0.2) is 0 Å². The van der Waals surface area contributed by atoms with Gasteiger partial charge in [-0.05, 0) is 30.3 Å². The molecule has 2 heterocycles. The molecule has 1 fully saturated rings. The van der Waals surface area contributed by atoms with Crippen molar-refractivity contribution >= 4 is 23.1 Å². The second-order valence-corrected chi connectivity index (χ2v) is 7.42. The van der Waals surface area contributed by atoms with E-state index in [0.717, 1.165) is 6.07 Å². The van der Waals surface area contributed by atoms with Crippen LogP contribution in [0.3, 0.4) is 0 Å². The quantitative estimate of drug-likeness (QED) is 0.183. The highest BCUT2D eigenvalue weighted by molar-refractivity contribution is 6.46. The van der Waals surface area contributed by atoms with Crippen molar-refractivity contribution in [1.82, 2.24) is 4.90 Å². The zero-order chi connectivity index (χ0) is 24.4. The Morgan fingerprint density at radius 1 is 1.12 bits per heavy atom. The number of nitro groups is 1. The molecule has 0 bridgehead atoms. The minimum Gasteiger partial charge on any atom is -0.507 e. The van der Waals surface area contributed by atoms with Gasteiger partial charge in [0.2, 0.25) is 0 Å². The Bertz CT molecular complexity index is 1300. The van der Waals surface area contributed by atoms with Crippen molar-refractivity contribution in [3.8, 4) is 11.5 Å². The maximum Gasteiger partial charge on any atom is 0.296 e. The molecule has 10 heteroatoms. The van der Waals surface area contributed by atoms with Gasteiger partial charge in [0.15, 0.2) is 0 Å². The summed E-state index contributed by atoms with van der Waals surface area (Å²) in [6, 6.07) is 12.3. The van der Waals surface area contributed by atoms with Gasteiger partial charge in [-0.15, -0.1) is 0 Å². The first-order valence-corrected chi connectivity index (χ1v) is 10.1. The summed E-state index contributed by atoms with van der Waals surface area (Å²) in [5.41, 5.74) is -0.0929.